The molecule has 0 bridgehead atoms. The number of halogens is 1. The smallest absolute Gasteiger partial charge is 0.271 e. The third kappa shape index (κ3) is 6.15. The number of carbonyl (C=O) groups is 1. The lowest BCUT2D eigenvalue weighted by molar-refractivity contribution is 0.0864. The largest absolute Gasteiger partial charge is 0.351 e. The van der Waals surface area contributed by atoms with Crippen molar-refractivity contribution in [3.8, 4) is 0 Å². The number of hydrogen-bond donors (Lipinski definition) is 1. The van der Waals surface area contributed by atoms with Gasteiger partial charge in [0.25, 0.3) is 5.91 Å². The maximum atomic E-state index is 12.7. The van der Waals surface area contributed by atoms with Crippen LogP contribution in [0.15, 0.2) is 36.5 Å². The number of benzene rings is 1. The van der Waals surface area contributed by atoms with Crippen molar-refractivity contribution in [3.63, 3.8) is 0 Å². The minimum Gasteiger partial charge on any atom is -0.351 e. The zero-order valence-corrected chi connectivity index (χ0v) is 19.5. The topological polar surface area (TPSA) is 64.6 Å². The van der Waals surface area contributed by atoms with Crippen molar-refractivity contribution in [2.75, 3.05) is 57.8 Å². The first-order chi connectivity index (χ1) is 15.0. The van der Waals surface area contributed by atoms with Gasteiger partial charge in [-0.25, -0.2) is 9.97 Å². The Labute approximate surface area is 190 Å². The highest BCUT2D eigenvalue weighted by Gasteiger charge is 2.26. The van der Waals surface area contributed by atoms with Crippen molar-refractivity contribution >= 4 is 23.5 Å². The molecule has 0 radical (unpaired) electrons. The Morgan fingerprint density at radius 3 is 2.68 bits per heavy atom. The van der Waals surface area contributed by atoms with E-state index in [2.05, 4.69) is 62.5 Å². The molecule has 31 heavy (non-hydrogen) atoms. The van der Waals surface area contributed by atoms with E-state index >= 15 is 0 Å². The normalized spacial score (nSPS) is 17.5. The average Bonchev–Trinajstić information content (AvgIpc) is 2.79. The van der Waals surface area contributed by atoms with Crippen LogP contribution in [0, 0.1) is 0 Å². The monoisotopic (exact) mass is 444 g/mol. The SMILES string of the molecule is CCN(CC)c1ncc(Cl)c(C(=O)NCCCN2CCN(C)CC2c2ccccc2)n1. The van der Waals surface area contributed by atoms with Crippen molar-refractivity contribution in [2.45, 2.75) is 26.3 Å². The first-order valence-corrected chi connectivity index (χ1v) is 11.4. The van der Waals surface area contributed by atoms with Crippen molar-refractivity contribution in [2.24, 2.45) is 0 Å². The van der Waals surface area contributed by atoms with Gasteiger partial charge in [-0.2, -0.15) is 0 Å². The molecule has 1 aromatic heterocycles. The molecule has 0 saturated carbocycles. The van der Waals surface area contributed by atoms with Crippen LogP contribution in [0.25, 0.3) is 0 Å². The summed E-state index contributed by atoms with van der Waals surface area (Å²) in [6.07, 6.45) is 2.37. The lowest BCUT2D eigenvalue weighted by Crippen LogP contribution is -2.47. The fourth-order valence-corrected chi connectivity index (χ4v) is 4.14. The van der Waals surface area contributed by atoms with Gasteiger partial charge in [0.15, 0.2) is 5.69 Å². The van der Waals surface area contributed by atoms with Crippen LogP contribution in [-0.2, 0) is 0 Å². The van der Waals surface area contributed by atoms with E-state index < -0.39 is 0 Å². The van der Waals surface area contributed by atoms with Gasteiger partial charge in [0.05, 0.1) is 11.2 Å². The van der Waals surface area contributed by atoms with Crippen LogP contribution >= 0.6 is 11.6 Å². The first-order valence-electron chi connectivity index (χ1n) is 11.1. The highest BCUT2D eigenvalue weighted by molar-refractivity contribution is 6.33. The summed E-state index contributed by atoms with van der Waals surface area (Å²) in [5, 5.41) is 3.25. The number of piperazine rings is 1. The van der Waals surface area contributed by atoms with Gasteiger partial charge in [0.2, 0.25) is 5.95 Å². The summed E-state index contributed by atoms with van der Waals surface area (Å²) in [5.74, 6) is 0.279. The first kappa shape index (κ1) is 23.4. The number of anilines is 1. The molecule has 1 N–H and O–H groups in total. The Hall–Kier alpha value is -2.22. The molecule has 0 spiro atoms. The lowest BCUT2D eigenvalue weighted by atomic mass is 10.0. The number of carbonyl (C=O) groups excluding carboxylic acids is 1. The second kappa shape index (κ2) is 11.4. The number of amides is 1. The molecule has 7 nitrogen and oxygen atoms in total. The Bertz CT molecular complexity index is 845. The Balaban J connectivity index is 1.55. The molecule has 1 unspecified atom stereocenters. The highest BCUT2D eigenvalue weighted by atomic mass is 35.5. The van der Waals surface area contributed by atoms with Gasteiger partial charge in [0.1, 0.15) is 0 Å². The quantitative estimate of drug-likeness (QED) is 0.599. The summed E-state index contributed by atoms with van der Waals surface area (Å²) in [5.41, 5.74) is 1.58. The summed E-state index contributed by atoms with van der Waals surface area (Å²) in [7, 11) is 2.17. The highest BCUT2D eigenvalue weighted by Crippen LogP contribution is 2.24. The molecular weight excluding hydrogens is 412 g/mol. The van der Waals surface area contributed by atoms with Crippen molar-refractivity contribution < 1.29 is 4.79 Å². The predicted octanol–water partition coefficient (Wildman–Crippen LogP) is 3.08. The number of aromatic nitrogens is 2. The molecule has 1 aromatic carbocycles. The molecule has 1 amide bonds. The van der Waals surface area contributed by atoms with Gasteiger partial charge < -0.3 is 15.1 Å². The van der Waals surface area contributed by atoms with Crippen molar-refractivity contribution in [3.05, 3.63) is 52.8 Å². The summed E-state index contributed by atoms with van der Waals surface area (Å²) < 4.78 is 0. The second-order valence-corrected chi connectivity index (χ2v) is 8.28. The zero-order valence-electron chi connectivity index (χ0n) is 18.7. The molecule has 0 aliphatic carbocycles. The van der Waals surface area contributed by atoms with Gasteiger partial charge in [-0.15, -0.1) is 0 Å². The molecule has 1 atom stereocenters. The summed E-state index contributed by atoms with van der Waals surface area (Å²) in [4.78, 5) is 28.2. The van der Waals surface area contributed by atoms with E-state index in [1.54, 1.807) is 0 Å². The van der Waals surface area contributed by atoms with Gasteiger partial charge >= 0.3 is 0 Å². The Morgan fingerprint density at radius 2 is 1.97 bits per heavy atom. The molecule has 2 heterocycles. The number of rotatable bonds is 9. The summed E-state index contributed by atoms with van der Waals surface area (Å²) >= 11 is 6.20. The number of hydrogen-bond acceptors (Lipinski definition) is 6. The van der Waals surface area contributed by atoms with E-state index in [0.29, 0.717) is 18.5 Å². The Kier molecular flexibility index (Phi) is 8.63. The number of likely N-dealkylation sites (N-methyl/N-ethyl adjacent to an activating group) is 1. The Morgan fingerprint density at radius 1 is 1.23 bits per heavy atom. The molecule has 1 aliphatic heterocycles. The molecule has 1 saturated heterocycles. The van der Waals surface area contributed by atoms with E-state index in [-0.39, 0.29) is 16.6 Å². The van der Waals surface area contributed by atoms with Crippen LogP contribution in [0.3, 0.4) is 0 Å². The van der Waals surface area contributed by atoms with Crippen LogP contribution in [0.4, 0.5) is 5.95 Å². The zero-order chi connectivity index (χ0) is 22.2. The summed E-state index contributed by atoms with van der Waals surface area (Å²) in [6, 6.07) is 11.0. The molecule has 1 fully saturated rings. The molecular formula is C23H33ClN6O. The third-order valence-corrected chi connectivity index (χ3v) is 6.06. The van der Waals surface area contributed by atoms with Gasteiger partial charge in [-0.05, 0) is 32.9 Å². The van der Waals surface area contributed by atoms with Crippen molar-refractivity contribution in [1.82, 2.24) is 25.1 Å². The molecule has 168 valence electrons. The van der Waals surface area contributed by atoms with Crippen molar-refractivity contribution in [1.29, 1.82) is 0 Å². The van der Waals surface area contributed by atoms with Gasteiger partial charge in [0, 0.05) is 51.9 Å². The summed E-state index contributed by atoms with van der Waals surface area (Å²) in [6.45, 7) is 10.2. The fraction of sp³-hybridized carbons (Fsp3) is 0.522. The van der Waals surface area contributed by atoms with E-state index in [1.165, 1.54) is 11.8 Å². The minimum absolute atomic E-state index is 0.236. The third-order valence-electron chi connectivity index (χ3n) is 5.78. The average molecular weight is 445 g/mol. The maximum Gasteiger partial charge on any atom is 0.271 e. The number of nitrogens with one attached hydrogen (secondary N) is 1. The van der Waals surface area contributed by atoms with Gasteiger partial charge in [-0.3, -0.25) is 9.69 Å². The van der Waals surface area contributed by atoms with Crippen LogP contribution in [0.1, 0.15) is 42.4 Å². The molecule has 2 aromatic rings. The minimum atomic E-state index is -0.251. The second-order valence-electron chi connectivity index (χ2n) is 7.87. The number of nitrogens with zero attached hydrogens (tertiary/aromatic N) is 5. The molecule has 8 heteroatoms. The maximum absolute atomic E-state index is 12.7. The van der Waals surface area contributed by atoms with Crippen LogP contribution in [-0.4, -0.2) is 78.5 Å². The van der Waals surface area contributed by atoms with Crippen LogP contribution in [0.5, 0.6) is 0 Å². The molecule has 3 rings (SSSR count). The van der Waals surface area contributed by atoms with E-state index in [4.69, 9.17) is 11.6 Å². The van der Waals surface area contributed by atoms with E-state index in [1.807, 2.05) is 18.7 Å². The lowest BCUT2D eigenvalue weighted by Gasteiger charge is -2.40. The predicted molar refractivity (Wildman–Crippen MR) is 126 cm³/mol. The van der Waals surface area contributed by atoms with Gasteiger partial charge in [-0.1, -0.05) is 41.9 Å². The van der Waals surface area contributed by atoms with E-state index in [9.17, 15) is 4.79 Å². The van der Waals surface area contributed by atoms with Crippen LogP contribution < -0.4 is 10.2 Å². The van der Waals surface area contributed by atoms with E-state index in [0.717, 1.165) is 45.7 Å². The molecule has 1 aliphatic rings. The standard InChI is InChI=1S/C23H33ClN6O/c1-4-29(5-2)23-26-16-19(24)21(27-23)22(31)25-12-9-13-30-15-14-28(3)17-20(30)18-10-7-6-8-11-18/h6-8,10-11,16,20H,4-5,9,12-15,17H2,1-3H3,(H,25,31). The van der Waals surface area contributed by atoms with Crippen LogP contribution in [0.2, 0.25) is 5.02 Å². The fourth-order valence-electron chi connectivity index (χ4n) is 3.96.